The molecule has 0 bridgehead atoms. The minimum Gasteiger partial charge on any atom is -0.493 e. The Balaban J connectivity index is 2.06. The lowest BCUT2D eigenvalue weighted by Gasteiger charge is -2.12. The summed E-state index contributed by atoms with van der Waals surface area (Å²) >= 11 is 15.0. The minimum absolute atomic E-state index is 0.0370. The van der Waals surface area contributed by atoms with Crippen LogP contribution >= 0.6 is 39.1 Å². The zero-order valence-electron chi connectivity index (χ0n) is 13.5. The van der Waals surface area contributed by atoms with Crippen LogP contribution in [-0.2, 0) is 6.42 Å². The van der Waals surface area contributed by atoms with Crippen LogP contribution in [0.1, 0.15) is 15.9 Å². The molecule has 2 rings (SSSR count). The zero-order chi connectivity index (χ0) is 18.6. The van der Waals surface area contributed by atoms with Gasteiger partial charge in [0.15, 0.2) is 11.5 Å². The number of methoxy groups -OCH3 is 2. The van der Waals surface area contributed by atoms with Gasteiger partial charge in [0.05, 0.1) is 29.8 Å². The van der Waals surface area contributed by atoms with Crippen LogP contribution in [0.4, 0.5) is 4.39 Å². The number of hydrogen-bond acceptors (Lipinski definition) is 3. The second-order valence-corrected chi connectivity index (χ2v) is 6.72. The summed E-state index contributed by atoms with van der Waals surface area (Å²) in [5.41, 5.74) is 0.960. The average Bonchev–Trinajstić information content (AvgIpc) is 2.58. The summed E-state index contributed by atoms with van der Waals surface area (Å²) in [6, 6.07) is 5.84. The Morgan fingerprint density at radius 1 is 1.12 bits per heavy atom. The predicted molar refractivity (Wildman–Crippen MR) is 99.7 cm³/mol. The molecule has 0 fully saturated rings. The van der Waals surface area contributed by atoms with Gasteiger partial charge in [-0.1, -0.05) is 39.1 Å². The fourth-order valence-corrected chi connectivity index (χ4v) is 3.18. The van der Waals surface area contributed by atoms with Crippen LogP contribution in [0.15, 0.2) is 28.7 Å². The molecular formula is C17H15BrCl2FNO3. The maximum atomic E-state index is 13.5. The molecule has 4 nitrogen and oxygen atoms in total. The molecular weight excluding hydrogens is 436 g/mol. The van der Waals surface area contributed by atoms with Gasteiger partial charge in [0.2, 0.25) is 0 Å². The molecule has 2 aromatic rings. The molecule has 0 saturated carbocycles. The van der Waals surface area contributed by atoms with Crippen LogP contribution in [0.3, 0.4) is 0 Å². The van der Waals surface area contributed by atoms with Gasteiger partial charge in [0.25, 0.3) is 5.91 Å². The van der Waals surface area contributed by atoms with E-state index in [-0.39, 0.29) is 15.6 Å². The van der Waals surface area contributed by atoms with Crippen molar-refractivity contribution in [3.63, 3.8) is 0 Å². The van der Waals surface area contributed by atoms with E-state index in [1.165, 1.54) is 6.07 Å². The van der Waals surface area contributed by atoms with Crippen molar-refractivity contribution >= 4 is 45.0 Å². The number of rotatable bonds is 6. The lowest BCUT2D eigenvalue weighted by Crippen LogP contribution is -2.26. The quantitative estimate of drug-likeness (QED) is 0.637. The highest BCUT2D eigenvalue weighted by molar-refractivity contribution is 9.10. The van der Waals surface area contributed by atoms with Crippen molar-refractivity contribution in [2.75, 3.05) is 20.8 Å². The summed E-state index contributed by atoms with van der Waals surface area (Å²) in [4.78, 5) is 12.2. The molecule has 0 heterocycles. The molecule has 0 saturated heterocycles. The van der Waals surface area contributed by atoms with E-state index in [9.17, 15) is 9.18 Å². The first-order chi connectivity index (χ1) is 11.9. The summed E-state index contributed by atoms with van der Waals surface area (Å²) < 4.78 is 24.8. The molecule has 0 radical (unpaired) electrons. The van der Waals surface area contributed by atoms with Crippen LogP contribution < -0.4 is 14.8 Å². The summed E-state index contributed by atoms with van der Waals surface area (Å²) in [6.07, 6.45) is 0.528. The molecule has 0 aliphatic heterocycles. The van der Waals surface area contributed by atoms with Gasteiger partial charge in [0.1, 0.15) is 5.82 Å². The third-order valence-electron chi connectivity index (χ3n) is 3.49. The Kier molecular flexibility index (Phi) is 6.93. The highest BCUT2D eigenvalue weighted by atomic mass is 79.9. The first-order valence-electron chi connectivity index (χ1n) is 7.20. The van der Waals surface area contributed by atoms with Crippen molar-refractivity contribution in [1.82, 2.24) is 5.32 Å². The zero-order valence-corrected chi connectivity index (χ0v) is 16.6. The maximum Gasteiger partial charge on any atom is 0.252 e. The molecule has 0 unspecified atom stereocenters. The molecule has 8 heteroatoms. The Morgan fingerprint density at radius 3 is 2.40 bits per heavy atom. The highest BCUT2D eigenvalue weighted by Crippen LogP contribution is 2.33. The Labute approximate surface area is 163 Å². The van der Waals surface area contributed by atoms with Crippen molar-refractivity contribution in [2.24, 2.45) is 0 Å². The Hall–Kier alpha value is -1.50. The van der Waals surface area contributed by atoms with Crippen molar-refractivity contribution < 1.29 is 18.7 Å². The minimum atomic E-state index is -0.696. The SMILES string of the molecule is COc1cc(Br)c(CCNC(=O)c2cc(F)c(Cl)cc2Cl)cc1OC. The third-order valence-corrected chi connectivity index (χ3v) is 4.83. The normalized spacial score (nSPS) is 10.5. The van der Waals surface area contributed by atoms with Crippen molar-refractivity contribution in [3.8, 4) is 11.5 Å². The summed E-state index contributed by atoms with van der Waals surface area (Å²) in [5, 5.41) is 2.67. The van der Waals surface area contributed by atoms with Gasteiger partial charge < -0.3 is 14.8 Å². The van der Waals surface area contributed by atoms with Gasteiger partial charge in [-0.15, -0.1) is 0 Å². The number of hydrogen-bond donors (Lipinski definition) is 1. The van der Waals surface area contributed by atoms with Gasteiger partial charge in [-0.3, -0.25) is 4.79 Å². The van der Waals surface area contributed by atoms with E-state index < -0.39 is 11.7 Å². The second-order valence-electron chi connectivity index (χ2n) is 5.05. The van der Waals surface area contributed by atoms with Gasteiger partial charge in [-0.05, 0) is 36.2 Å². The highest BCUT2D eigenvalue weighted by Gasteiger charge is 2.15. The number of ether oxygens (including phenoxy) is 2. The van der Waals surface area contributed by atoms with E-state index in [1.54, 1.807) is 20.3 Å². The van der Waals surface area contributed by atoms with Crippen LogP contribution in [0, 0.1) is 5.82 Å². The topological polar surface area (TPSA) is 47.6 Å². The molecule has 134 valence electrons. The van der Waals surface area contributed by atoms with Crippen molar-refractivity contribution in [3.05, 3.63) is 55.7 Å². The lowest BCUT2D eigenvalue weighted by molar-refractivity contribution is 0.0954. The van der Waals surface area contributed by atoms with Crippen LogP contribution in [0.2, 0.25) is 10.0 Å². The number of carbonyl (C=O) groups is 1. The average molecular weight is 451 g/mol. The molecule has 0 atom stereocenters. The number of amides is 1. The molecule has 25 heavy (non-hydrogen) atoms. The molecule has 0 aliphatic rings. The Morgan fingerprint density at radius 2 is 1.76 bits per heavy atom. The van der Waals surface area contributed by atoms with E-state index in [0.29, 0.717) is 24.5 Å². The number of halogens is 4. The van der Waals surface area contributed by atoms with Crippen LogP contribution in [-0.4, -0.2) is 26.7 Å². The van der Waals surface area contributed by atoms with Crippen LogP contribution in [0.25, 0.3) is 0 Å². The van der Waals surface area contributed by atoms with Gasteiger partial charge in [0, 0.05) is 11.0 Å². The molecule has 2 aromatic carbocycles. The number of carbonyl (C=O) groups excluding carboxylic acids is 1. The monoisotopic (exact) mass is 449 g/mol. The molecule has 0 aromatic heterocycles. The lowest BCUT2D eigenvalue weighted by atomic mass is 10.1. The summed E-state index contributed by atoms with van der Waals surface area (Å²) in [5.74, 6) is 0.0245. The van der Waals surface area contributed by atoms with E-state index in [0.717, 1.165) is 16.1 Å². The number of benzene rings is 2. The number of nitrogens with one attached hydrogen (secondary N) is 1. The van der Waals surface area contributed by atoms with E-state index in [1.807, 2.05) is 6.07 Å². The van der Waals surface area contributed by atoms with Crippen molar-refractivity contribution in [1.29, 1.82) is 0 Å². The predicted octanol–water partition coefficient (Wildman–Crippen LogP) is 4.88. The van der Waals surface area contributed by atoms with E-state index in [2.05, 4.69) is 21.2 Å². The van der Waals surface area contributed by atoms with E-state index in [4.69, 9.17) is 32.7 Å². The molecule has 1 amide bonds. The second kappa shape index (κ2) is 8.74. The fourth-order valence-electron chi connectivity index (χ4n) is 2.19. The van der Waals surface area contributed by atoms with Crippen LogP contribution in [0.5, 0.6) is 11.5 Å². The van der Waals surface area contributed by atoms with Gasteiger partial charge in [-0.25, -0.2) is 4.39 Å². The fraction of sp³-hybridized carbons (Fsp3) is 0.235. The third kappa shape index (κ3) is 4.77. The largest absolute Gasteiger partial charge is 0.493 e. The maximum absolute atomic E-state index is 13.5. The standard InChI is InChI=1S/C17H15BrCl2FNO3/c1-24-15-5-9(11(18)7-16(15)25-2)3-4-22-17(23)10-6-14(21)13(20)8-12(10)19/h5-8H,3-4H2,1-2H3,(H,22,23). The van der Waals surface area contributed by atoms with Gasteiger partial charge in [-0.2, -0.15) is 0 Å². The molecule has 1 N–H and O–H groups in total. The first kappa shape index (κ1) is 19.8. The van der Waals surface area contributed by atoms with Crippen molar-refractivity contribution in [2.45, 2.75) is 6.42 Å². The van der Waals surface area contributed by atoms with E-state index >= 15 is 0 Å². The smallest absolute Gasteiger partial charge is 0.252 e. The van der Waals surface area contributed by atoms with Gasteiger partial charge >= 0.3 is 0 Å². The Bertz CT molecular complexity index is 802. The molecule has 0 aliphatic carbocycles. The summed E-state index contributed by atoms with van der Waals surface area (Å²) in [7, 11) is 3.10. The molecule has 0 spiro atoms. The first-order valence-corrected chi connectivity index (χ1v) is 8.75. The summed E-state index contributed by atoms with van der Waals surface area (Å²) in [6.45, 7) is 0.327.